The second kappa shape index (κ2) is 4.54. The number of hydrogen-bond donors (Lipinski definition) is 1. The Hall–Kier alpha value is -0.670. The van der Waals surface area contributed by atoms with Crippen molar-refractivity contribution in [3.8, 4) is 0 Å². The molecule has 0 amide bonds. The molecule has 0 saturated carbocycles. The molecule has 90 valence electrons. The van der Waals surface area contributed by atoms with Crippen LogP contribution in [0.1, 0.15) is 30.4 Å². The maximum Gasteiger partial charge on any atom is 0.109 e. The number of nitrogens with zero attached hydrogens (tertiary/aromatic N) is 1. The first kappa shape index (κ1) is 11.4. The van der Waals surface area contributed by atoms with Crippen molar-refractivity contribution in [2.75, 3.05) is 6.54 Å². The van der Waals surface area contributed by atoms with Gasteiger partial charge in [-0.3, -0.25) is 0 Å². The van der Waals surface area contributed by atoms with Gasteiger partial charge in [-0.1, -0.05) is 6.08 Å². The summed E-state index contributed by atoms with van der Waals surface area (Å²) in [5.41, 5.74) is 3.98. The Labute approximate surface area is 111 Å². The summed E-state index contributed by atoms with van der Waals surface area (Å²) in [6, 6.07) is 2.84. The molecule has 1 aromatic heterocycles. The molecule has 3 heteroatoms. The first-order valence-electron chi connectivity index (χ1n) is 6.30. The van der Waals surface area contributed by atoms with Crippen molar-refractivity contribution in [3.63, 3.8) is 0 Å². The predicted octanol–water partition coefficient (Wildman–Crippen LogP) is 3.31. The molecule has 0 unspecified atom stereocenters. The third-order valence-electron chi connectivity index (χ3n) is 3.89. The molecule has 1 fully saturated rings. The topological polar surface area (TPSA) is 24.9 Å². The second-order valence-electron chi connectivity index (χ2n) is 5.11. The zero-order valence-corrected chi connectivity index (χ0v) is 11.6. The van der Waals surface area contributed by atoms with Crippen LogP contribution in [-0.2, 0) is 0 Å². The molecule has 2 atom stereocenters. The molecule has 0 aromatic carbocycles. The number of nitrogens with one attached hydrogen (secondary N) is 1. The molecule has 0 spiro atoms. The minimum atomic E-state index is 0.600. The number of piperidine rings is 1. The molecule has 17 heavy (non-hydrogen) atoms. The Morgan fingerprint density at radius 3 is 3.12 bits per heavy atom. The fourth-order valence-corrected chi connectivity index (χ4v) is 3.14. The molecule has 1 aliphatic heterocycles. The van der Waals surface area contributed by atoms with Crippen LogP contribution < -0.4 is 5.32 Å². The number of rotatable bonds is 1. The van der Waals surface area contributed by atoms with Gasteiger partial charge in [-0.05, 0) is 77.3 Å². The number of aromatic nitrogens is 1. The van der Waals surface area contributed by atoms with E-state index in [0.29, 0.717) is 6.04 Å². The summed E-state index contributed by atoms with van der Waals surface area (Å²) in [5, 5.41) is 3.60. The zero-order valence-electron chi connectivity index (χ0n) is 10.0. The number of hydrogen-bond acceptors (Lipinski definition) is 2. The van der Waals surface area contributed by atoms with E-state index in [9.17, 15) is 0 Å². The van der Waals surface area contributed by atoms with Gasteiger partial charge in [0.25, 0.3) is 0 Å². The summed E-state index contributed by atoms with van der Waals surface area (Å²) >= 11 is 3.46. The molecule has 0 radical (unpaired) electrons. The molecule has 3 rings (SSSR count). The average Bonchev–Trinajstić information content (AvgIpc) is 2.76. The van der Waals surface area contributed by atoms with E-state index < -0.39 is 0 Å². The second-order valence-corrected chi connectivity index (χ2v) is 5.86. The van der Waals surface area contributed by atoms with Crippen LogP contribution in [0.15, 0.2) is 22.9 Å². The van der Waals surface area contributed by atoms with Gasteiger partial charge in [-0.25, -0.2) is 4.98 Å². The summed E-state index contributed by atoms with van der Waals surface area (Å²) in [6.45, 7) is 3.27. The first-order chi connectivity index (χ1) is 8.24. The lowest BCUT2D eigenvalue weighted by atomic mass is 9.92. The van der Waals surface area contributed by atoms with Gasteiger partial charge in [0.15, 0.2) is 0 Å². The highest BCUT2D eigenvalue weighted by molar-refractivity contribution is 9.10. The molecule has 2 nitrogen and oxygen atoms in total. The highest BCUT2D eigenvalue weighted by Gasteiger charge is 2.29. The maximum absolute atomic E-state index is 4.40. The van der Waals surface area contributed by atoms with Gasteiger partial charge >= 0.3 is 0 Å². The molecule has 1 N–H and O–H groups in total. The van der Waals surface area contributed by atoms with Crippen molar-refractivity contribution in [2.45, 2.75) is 32.2 Å². The lowest BCUT2D eigenvalue weighted by Crippen LogP contribution is -2.37. The van der Waals surface area contributed by atoms with E-state index in [-0.39, 0.29) is 0 Å². The van der Waals surface area contributed by atoms with E-state index in [1.165, 1.54) is 42.5 Å². The lowest BCUT2D eigenvalue weighted by molar-refractivity contribution is 0.341. The lowest BCUT2D eigenvalue weighted by Gasteiger charge is -2.25. The fraction of sp³-hybridized carbons (Fsp3) is 0.500. The summed E-state index contributed by atoms with van der Waals surface area (Å²) in [6.07, 6.45) is 8.29. The minimum absolute atomic E-state index is 0.600. The number of halogens is 1. The highest BCUT2D eigenvalue weighted by Crippen LogP contribution is 2.37. The Bertz CT molecular complexity index is 467. The van der Waals surface area contributed by atoms with Crippen LogP contribution >= 0.6 is 15.9 Å². The first-order valence-corrected chi connectivity index (χ1v) is 7.10. The summed E-state index contributed by atoms with van der Waals surface area (Å²) in [4.78, 5) is 4.40. The van der Waals surface area contributed by atoms with Crippen LogP contribution in [0.2, 0.25) is 0 Å². The van der Waals surface area contributed by atoms with Gasteiger partial charge in [0.2, 0.25) is 0 Å². The molecular weight excluding hydrogens is 276 g/mol. The quantitative estimate of drug-likeness (QED) is 0.804. The van der Waals surface area contributed by atoms with Crippen molar-refractivity contribution in [1.82, 2.24) is 10.3 Å². The molecule has 1 saturated heterocycles. The van der Waals surface area contributed by atoms with Crippen LogP contribution in [0.25, 0.3) is 5.57 Å². The minimum Gasteiger partial charge on any atom is -0.310 e. The summed E-state index contributed by atoms with van der Waals surface area (Å²) < 4.78 is 0.954. The molecule has 2 aliphatic rings. The highest BCUT2D eigenvalue weighted by atomic mass is 79.9. The normalized spacial score (nSPS) is 27.8. The van der Waals surface area contributed by atoms with Gasteiger partial charge in [0.1, 0.15) is 4.60 Å². The average molecular weight is 293 g/mol. The van der Waals surface area contributed by atoms with Crippen molar-refractivity contribution in [3.05, 3.63) is 34.1 Å². The Balaban J connectivity index is 1.87. The van der Waals surface area contributed by atoms with Crippen LogP contribution in [0.4, 0.5) is 0 Å². The van der Waals surface area contributed by atoms with Crippen LogP contribution in [-0.4, -0.2) is 17.6 Å². The third kappa shape index (κ3) is 2.18. The van der Waals surface area contributed by atoms with Crippen molar-refractivity contribution in [2.24, 2.45) is 5.92 Å². The molecule has 0 bridgehead atoms. The van der Waals surface area contributed by atoms with E-state index in [2.05, 4.69) is 45.3 Å². The number of fused-ring (bicyclic) bond motifs is 1. The Morgan fingerprint density at radius 2 is 2.35 bits per heavy atom. The van der Waals surface area contributed by atoms with Gasteiger partial charge in [-0.15, -0.1) is 0 Å². The standard InChI is InChI=1S/C14H17BrN2/c1-9-5-12(8-17-14(9)15)11-6-10-3-2-4-16-13(10)7-11/h5,7-8,10,13,16H,2-4,6H2,1H3/t10-,13+/m1/s1. The van der Waals surface area contributed by atoms with E-state index >= 15 is 0 Å². The van der Waals surface area contributed by atoms with Gasteiger partial charge in [0, 0.05) is 12.2 Å². The van der Waals surface area contributed by atoms with E-state index in [1.54, 1.807) is 0 Å². The van der Waals surface area contributed by atoms with Gasteiger partial charge < -0.3 is 5.32 Å². The van der Waals surface area contributed by atoms with E-state index in [4.69, 9.17) is 0 Å². The van der Waals surface area contributed by atoms with Gasteiger partial charge in [0.05, 0.1) is 0 Å². The zero-order chi connectivity index (χ0) is 11.8. The Kier molecular flexibility index (Phi) is 3.05. The number of allylic oxidation sites excluding steroid dienone is 1. The maximum atomic E-state index is 4.40. The molecule has 1 aromatic rings. The largest absolute Gasteiger partial charge is 0.310 e. The molecule has 1 aliphatic carbocycles. The van der Waals surface area contributed by atoms with Gasteiger partial charge in [-0.2, -0.15) is 0 Å². The Morgan fingerprint density at radius 1 is 1.47 bits per heavy atom. The van der Waals surface area contributed by atoms with E-state index in [0.717, 1.165) is 10.5 Å². The monoisotopic (exact) mass is 292 g/mol. The van der Waals surface area contributed by atoms with Crippen molar-refractivity contribution >= 4 is 21.5 Å². The van der Waals surface area contributed by atoms with Crippen molar-refractivity contribution in [1.29, 1.82) is 0 Å². The number of aryl methyl sites for hydroxylation is 1. The van der Waals surface area contributed by atoms with Crippen LogP contribution in [0.3, 0.4) is 0 Å². The number of pyridine rings is 1. The summed E-state index contributed by atoms with van der Waals surface area (Å²) in [5.74, 6) is 0.808. The van der Waals surface area contributed by atoms with Crippen LogP contribution in [0.5, 0.6) is 0 Å². The molecule has 2 heterocycles. The summed E-state index contributed by atoms with van der Waals surface area (Å²) in [7, 11) is 0. The fourth-order valence-electron chi connectivity index (χ4n) is 2.92. The van der Waals surface area contributed by atoms with Crippen molar-refractivity contribution < 1.29 is 0 Å². The van der Waals surface area contributed by atoms with Crippen LogP contribution in [0, 0.1) is 12.8 Å². The molecular formula is C14H17BrN2. The smallest absolute Gasteiger partial charge is 0.109 e. The predicted molar refractivity (Wildman–Crippen MR) is 73.8 cm³/mol. The SMILES string of the molecule is Cc1cc(C2=C[C@@H]3NCCC[C@@H]3C2)cnc1Br. The third-order valence-corrected chi connectivity index (χ3v) is 4.72. The van der Waals surface area contributed by atoms with E-state index in [1.807, 2.05) is 6.20 Å².